The Hall–Kier alpha value is -0.570. The molecule has 0 bridgehead atoms. The molecule has 0 fully saturated rings. The van der Waals surface area contributed by atoms with Crippen molar-refractivity contribution in [1.82, 2.24) is 5.32 Å². The van der Waals surface area contributed by atoms with E-state index in [9.17, 15) is 4.79 Å². The quantitative estimate of drug-likeness (QED) is 0.610. The Balaban J connectivity index is 2.96. The highest BCUT2D eigenvalue weighted by Crippen LogP contribution is 2.02. The Morgan fingerprint density at radius 2 is 1.93 bits per heavy atom. The largest absolute Gasteiger partial charge is 0.381 e. The van der Waals surface area contributed by atoms with E-state index in [2.05, 4.69) is 19.2 Å². The third-order valence-corrected chi connectivity index (χ3v) is 1.91. The molecule has 84 valence electrons. The predicted octanol–water partition coefficient (Wildman–Crippen LogP) is 1.97. The first-order valence-electron chi connectivity index (χ1n) is 5.45. The van der Waals surface area contributed by atoms with Crippen LogP contribution in [0.25, 0.3) is 0 Å². The van der Waals surface area contributed by atoms with E-state index in [1.54, 1.807) is 0 Å². The highest BCUT2D eigenvalue weighted by Gasteiger charge is 1.94. The number of rotatable bonds is 8. The molecule has 14 heavy (non-hydrogen) atoms. The van der Waals surface area contributed by atoms with Crippen LogP contribution in [-0.4, -0.2) is 25.7 Å². The number of amides is 1. The average molecular weight is 201 g/mol. The van der Waals surface area contributed by atoms with Gasteiger partial charge in [0.15, 0.2) is 0 Å². The number of ether oxygens (including phenoxy) is 1. The molecule has 0 aromatic carbocycles. The van der Waals surface area contributed by atoms with E-state index in [-0.39, 0.29) is 5.91 Å². The van der Waals surface area contributed by atoms with Crippen LogP contribution in [0, 0.1) is 5.92 Å². The molecule has 0 aliphatic rings. The molecule has 0 aromatic rings. The maximum Gasteiger partial charge on any atom is 0.216 e. The van der Waals surface area contributed by atoms with Gasteiger partial charge in [0.1, 0.15) is 0 Å². The van der Waals surface area contributed by atoms with E-state index < -0.39 is 0 Å². The summed E-state index contributed by atoms with van der Waals surface area (Å²) in [7, 11) is 0. The molecule has 0 heterocycles. The summed E-state index contributed by atoms with van der Waals surface area (Å²) in [6, 6.07) is 0. The Bertz CT molecular complexity index is 146. The van der Waals surface area contributed by atoms with E-state index in [0.29, 0.717) is 0 Å². The van der Waals surface area contributed by atoms with Crippen LogP contribution in [0.3, 0.4) is 0 Å². The van der Waals surface area contributed by atoms with Gasteiger partial charge in [-0.3, -0.25) is 4.79 Å². The molecule has 1 amide bonds. The van der Waals surface area contributed by atoms with Gasteiger partial charge in [0.25, 0.3) is 0 Å². The Morgan fingerprint density at radius 3 is 2.50 bits per heavy atom. The fraction of sp³-hybridized carbons (Fsp3) is 0.909. The first-order chi connectivity index (χ1) is 6.63. The maximum atomic E-state index is 10.5. The predicted molar refractivity (Wildman–Crippen MR) is 58.2 cm³/mol. The molecule has 1 N–H and O–H groups in total. The van der Waals surface area contributed by atoms with E-state index in [0.717, 1.165) is 38.5 Å². The summed E-state index contributed by atoms with van der Waals surface area (Å²) in [5.74, 6) is 0.794. The van der Waals surface area contributed by atoms with Crippen LogP contribution in [0.2, 0.25) is 0 Å². The van der Waals surface area contributed by atoms with Gasteiger partial charge in [-0.05, 0) is 25.2 Å². The van der Waals surface area contributed by atoms with E-state index >= 15 is 0 Å². The molecule has 0 rings (SSSR count). The minimum atomic E-state index is 0.0322. The van der Waals surface area contributed by atoms with Crippen LogP contribution in [0.1, 0.15) is 40.0 Å². The van der Waals surface area contributed by atoms with Crippen molar-refractivity contribution in [1.29, 1.82) is 0 Å². The Kier molecular flexibility index (Phi) is 8.64. The molecular weight excluding hydrogens is 178 g/mol. The van der Waals surface area contributed by atoms with Gasteiger partial charge in [-0.2, -0.15) is 0 Å². The fourth-order valence-electron chi connectivity index (χ4n) is 1.13. The van der Waals surface area contributed by atoms with Crippen LogP contribution in [0.15, 0.2) is 0 Å². The minimum absolute atomic E-state index is 0.0322. The summed E-state index contributed by atoms with van der Waals surface area (Å²) in [5, 5.41) is 2.74. The van der Waals surface area contributed by atoms with Crippen LogP contribution >= 0.6 is 0 Å². The Morgan fingerprint density at radius 1 is 1.29 bits per heavy atom. The summed E-state index contributed by atoms with van der Waals surface area (Å²) < 4.78 is 5.41. The number of nitrogens with one attached hydrogen (secondary N) is 1. The number of carbonyl (C=O) groups is 1. The van der Waals surface area contributed by atoms with Crippen LogP contribution < -0.4 is 5.32 Å². The Labute approximate surface area is 87.2 Å². The third-order valence-electron chi connectivity index (χ3n) is 1.91. The lowest BCUT2D eigenvalue weighted by Crippen LogP contribution is -2.21. The van der Waals surface area contributed by atoms with Gasteiger partial charge in [-0.25, -0.2) is 0 Å². The van der Waals surface area contributed by atoms with Crippen LogP contribution in [0.4, 0.5) is 0 Å². The lowest BCUT2D eigenvalue weighted by atomic mass is 10.1. The highest BCUT2D eigenvalue weighted by molar-refractivity contribution is 5.72. The summed E-state index contributed by atoms with van der Waals surface area (Å²) in [6.45, 7) is 8.28. The second-order valence-corrected chi connectivity index (χ2v) is 3.98. The lowest BCUT2D eigenvalue weighted by Gasteiger charge is -2.06. The van der Waals surface area contributed by atoms with E-state index in [4.69, 9.17) is 4.74 Å². The van der Waals surface area contributed by atoms with Crippen LogP contribution in [0.5, 0.6) is 0 Å². The van der Waals surface area contributed by atoms with Crippen molar-refractivity contribution in [2.24, 2.45) is 5.92 Å². The lowest BCUT2D eigenvalue weighted by molar-refractivity contribution is -0.119. The van der Waals surface area contributed by atoms with Gasteiger partial charge in [-0.15, -0.1) is 0 Å². The van der Waals surface area contributed by atoms with Crippen molar-refractivity contribution >= 4 is 5.91 Å². The van der Waals surface area contributed by atoms with Gasteiger partial charge in [0.2, 0.25) is 5.91 Å². The van der Waals surface area contributed by atoms with Gasteiger partial charge in [-0.1, -0.05) is 13.8 Å². The van der Waals surface area contributed by atoms with Crippen molar-refractivity contribution in [3.8, 4) is 0 Å². The molecule has 0 unspecified atom stereocenters. The molecule has 0 saturated heterocycles. The van der Waals surface area contributed by atoms with Crippen molar-refractivity contribution in [3.63, 3.8) is 0 Å². The molecule has 0 aromatic heterocycles. The summed E-state index contributed by atoms with van der Waals surface area (Å²) in [4.78, 5) is 10.5. The molecular formula is C11H23NO2. The molecule has 0 radical (unpaired) electrons. The smallest absolute Gasteiger partial charge is 0.216 e. The zero-order valence-electron chi connectivity index (χ0n) is 9.64. The highest BCUT2D eigenvalue weighted by atomic mass is 16.5. The van der Waals surface area contributed by atoms with Crippen molar-refractivity contribution in [2.45, 2.75) is 40.0 Å². The summed E-state index contributed by atoms with van der Waals surface area (Å²) >= 11 is 0. The number of hydrogen-bond acceptors (Lipinski definition) is 2. The molecule has 0 atom stereocenters. The summed E-state index contributed by atoms with van der Waals surface area (Å²) in [6.07, 6.45) is 3.27. The summed E-state index contributed by atoms with van der Waals surface area (Å²) in [5.41, 5.74) is 0. The second kappa shape index (κ2) is 9.00. The fourth-order valence-corrected chi connectivity index (χ4v) is 1.13. The van der Waals surface area contributed by atoms with Gasteiger partial charge < -0.3 is 10.1 Å². The van der Waals surface area contributed by atoms with Crippen molar-refractivity contribution < 1.29 is 9.53 Å². The zero-order valence-corrected chi connectivity index (χ0v) is 9.64. The third kappa shape index (κ3) is 11.4. The molecule has 3 heteroatoms. The monoisotopic (exact) mass is 201 g/mol. The number of hydrogen-bond donors (Lipinski definition) is 1. The number of carbonyl (C=O) groups excluding carboxylic acids is 1. The van der Waals surface area contributed by atoms with Crippen molar-refractivity contribution in [3.05, 3.63) is 0 Å². The molecule has 0 saturated carbocycles. The molecule has 0 aliphatic heterocycles. The standard InChI is InChI=1S/C11H23NO2/c1-10(2)6-4-8-14-9-5-7-12-11(3)13/h10H,4-9H2,1-3H3,(H,12,13). The average Bonchev–Trinajstić information content (AvgIpc) is 2.08. The molecule has 0 aliphatic carbocycles. The van der Waals surface area contributed by atoms with Crippen LogP contribution in [-0.2, 0) is 9.53 Å². The normalized spacial score (nSPS) is 10.6. The topological polar surface area (TPSA) is 38.3 Å². The maximum absolute atomic E-state index is 10.5. The first kappa shape index (κ1) is 13.4. The van der Waals surface area contributed by atoms with E-state index in [1.807, 2.05) is 0 Å². The SMILES string of the molecule is CC(=O)NCCCOCCCC(C)C. The van der Waals surface area contributed by atoms with E-state index in [1.165, 1.54) is 13.3 Å². The van der Waals surface area contributed by atoms with Gasteiger partial charge in [0.05, 0.1) is 0 Å². The minimum Gasteiger partial charge on any atom is -0.381 e. The second-order valence-electron chi connectivity index (χ2n) is 3.98. The van der Waals surface area contributed by atoms with Gasteiger partial charge >= 0.3 is 0 Å². The van der Waals surface area contributed by atoms with Gasteiger partial charge in [0, 0.05) is 26.7 Å². The van der Waals surface area contributed by atoms with Crippen molar-refractivity contribution in [2.75, 3.05) is 19.8 Å². The molecule has 0 spiro atoms. The zero-order chi connectivity index (χ0) is 10.8. The molecule has 3 nitrogen and oxygen atoms in total. The first-order valence-corrected chi connectivity index (χ1v) is 5.45.